The van der Waals surface area contributed by atoms with Crippen LogP contribution in [0.15, 0.2) is 42.5 Å². The Morgan fingerprint density at radius 2 is 2.17 bits per heavy atom. The molecular weight excluding hydrogens is 234 g/mol. The van der Waals surface area contributed by atoms with E-state index in [0.717, 1.165) is 0 Å². The highest BCUT2D eigenvalue weighted by Crippen LogP contribution is 2.20. The van der Waals surface area contributed by atoms with Crippen molar-refractivity contribution in [1.29, 1.82) is 0 Å². The van der Waals surface area contributed by atoms with Crippen molar-refractivity contribution in [3.63, 3.8) is 0 Å². The van der Waals surface area contributed by atoms with Crippen LogP contribution in [0.5, 0.6) is 0 Å². The van der Waals surface area contributed by atoms with Crippen LogP contribution < -0.4 is 0 Å². The number of ether oxygens (including phenoxy) is 1. The summed E-state index contributed by atoms with van der Waals surface area (Å²) in [4.78, 5) is 21.4. The van der Waals surface area contributed by atoms with Crippen LogP contribution in [0.2, 0.25) is 0 Å². The van der Waals surface area contributed by atoms with Crippen LogP contribution >= 0.6 is 0 Å². The van der Waals surface area contributed by atoms with E-state index in [9.17, 15) is 14.9 Å². The lowest BCUT2D eigenvalue weighted by molar-refractivity contribution is -0.385. The van der Waals surface area contributed by atoms with E-state index in [2.05, 4.69) is 0 Å². The van der Waals surface area contributed by atoms with Gasteiger partial charge < -0.3 is 4.74 Å². The fourth-order valence-corrected chi connectivity index (χ4v) is 1.66. The molecule has 1 heterocycles. The van der Waals surface area contributed by atoms with Gasteiger partial charge in [0.05, 0.1) is 10.5 Å². The van der Waals surface area contributed by atoms with Gasteiger partial charge in [-0.1, -0.05) is 18.2 Å². The first kappa shape index (κ1) is 12.0. The molecule has 2 rings (SSSR count). The standard InChI is InChI=1S/C13H11NO4/c15-13-7-3-5-11(18-13)9-8-10-4-1-2-6-12(10)14(16)17/h1-4,6-9,11H,5H2/b9-8+/t11-/m1/s1. The van der Waals surface area contributed by atoms with Gasteiger partial charge in [-0.25, -0.2) is 4.79 Å². The molecule has 92 valence electrons. The molecule has 0 saturated heterocycles. The number of cyclic esters (lactones) is 1. The maximum atomic E-state index is 11.0. The fourth-order valence-electron chi connectivity index (χ4n) is 1.66. The maximum Gasteiger partial charge on any atom is 0.331 e. The first-order valence-corrected chi connectivity index (χ1v) is 5.45. The summed E-state index contributed by atoms with van der Waals surface area (Å²) in [5.41, 5.74) is 0.527. The summed E-state index contributed by atoms with van der Waals surface area (Å²) in [5, 5.41) is 10.8. The van der Waals surface area contributed by atoms with Crippen LogP contribution in [0.3, 0.4) is 0 Å². The van der Waals surface area contributed by atoms with Crippen LogP contribution in [0.25, 0.3) is 6.08 Å². The number of para-hydroxylation sites is 1. The van der Waals surface area contributed by atoms with Gasteiger partial charge in [-0.05, 0) is 18.2 Å². The number of carbonyl (C=O) groups excluding carboxylic acids is 1. The van der Waals surface area contributed by atoms with E-state index in [1.54, 1.807) is 36.4 Å². The molecule has 0 saturated carbocycles. The van der Waals surface area contributed by atoms with Gasteiger partial charge in [-0.2, -0.15) is 0 Å². The molecule has 1 aromatic carbocycles. The number of esters is 1. The topological polar surface area (TPSA) is 69.4 Å². The van der Waals surface area contributed by atoms with Crippen molar-refractivity contribution < 1.29 is 14.5 Å². The molecular formula is C13H11NO4. The van der Waals surface area contributed by atoms with Crippen LogP contribution in [0, 0.1) is 10.1 Å². The van der Waals surface area contributed by atoms with E-state index < -0.39 is 10.9 Å². The number of hydrogen-bond donors (Lipinski definition) is 0. The highest BCUT2D eigenvalue weighted by Gasteiger charge is 2.14. The number of rotatable bonds is 3. The van der Waals surface area contributed by atoms with Crippen molar-refractivity contribution in [2.75, 3.05) is 0 Å². The molecule has 0 N–H and O–H groups in total. The molecule has 0 aromatic heterocycles. The predicted molar refractivity (Wildman–Crippen MR) is 65.8 cm³/mol. The molecule has 1 aliphatic rings. The molecule has 0 radical (unpaired) electrons. The number of hydrogen-bond acceptors (Lipinski definition) is 4. The SMILES string of the molecule is O=C1C=CC[C@H](/C=C/c2ccccc2[N+](=O)[O-])O1. The minimum absolute atomic E-state index is 0.0337. The summed E-state index contributed by atoms with van der Waals surface area (Å²) >= 11 is 0. The van der Waals surface area contributed by atoms with Crippen molar-refractivity contribution in [2.45, 2.75) is 12.5 Å². The Morgan fingerprint density at radius 3 is 2.89 bits per heavy atom. The van der Waals surface area contributed by atoms with E-state index in [4.69, 9.17) is 4.74 Å². The molecule has 0 spiro atoms. The van der Waals surface area contributed by atoms with Gasteiger partial charge in [0.15, 0.2) is 0 Å². The maximum absolute atomic E-state index is 11.0. The summed E-state index contributed by atoms with van der Waals surface area (Å²) in [7, 11) is 0. The predicted octanol–water partition coefficient (Wildman–Crippen LogP) is 2.48. The van der Waals surface area contributed by atoms with E-state index in [0.29, 0.717) is 12.0 Å². The largest absolute Gasteiger partial charge is 0.455 e. The molecule has 0 fully saturated rings. The molecule has 0 bridgehead atoms. The van der Waals surface area contributed by atoms with Crippen LogP contribution in [-0.2, 0) is 9.53 Å². The first-order valence-electron chi connectivity index (χ1n) is 5.45. The van der Waals surface area contributed by atoms with Gasteiger partial charge in [0.1, 0.15) is 6.10 Å². The van der Waals surface area contributed by atoms with Crippen molar-refractivity contribution in [3.8, 4) is 0 Å². The van der Waals surface area contributed by atoms with Gasteiger partial charge in [0, 0.05) is 18.6 Å². The second kappa shape index (κ2) is 5.27. The third-order valence-corrected chi connectivity index (χ3v) is 2.51. The highest BCUT2D eigenvalue weighted by molar-refractivity contribution is 5.83. The van der Waals surface area contributed by atoms with E-state index >= 15 is 0 Å². The van der Waals surface area contributed by atoms with E-state index in [1.807, 2.05) is 0 Å². The minimum atomic E-state index is -0.438. The van der Waals surface area contributed by atoms with Crippen LogP contribution in [-0.4, -0.2) is 17.0 Å². The van der Waals surface area contributed by atoms with Gasteiger partial charge >= 0.3 is 5.97 Å². The summed E-state index contributed by atoms with van der Waals surface area (Å²) in [6.07, 6.45) is 6.58. The van der Waals surface area contributed by atoms with Gasteiger partial charge in [-0.3, -0.25) is 10.1 Å². The molecule has 0 unspecified atom stereocenters. The van der Waals surface area contributed by atoms with E-state index in [1.165, 1.54) is 12.1 Å². The molecule has 18 heavy (non-hydrogen) atoms. The Labute approximate surface area is 104 Å². The lowest BCUT2D eigenvalue weighted by atomic mass is 10.1. The second-order valence-corrected chi connectivity index (χ2v) is 3.79. The molecule has 0 amide bonds. The normalized spacial score (nSPS) is 18.9. The number of benzene rings is 1. The Kier molecular flexibility index (Phi) is 3.52. The van der Waals surface area contributed by atoms with Crippen LogP contribution in [0.4, 0.5) is 5.69 Å². The lowest BCUT2D eigenvalue weighted by Crippen LogP contribution is -2.17. The highest BCUT2D eigenvalue weighted by atomic mass is 16.6. The molecule has 1 aliphatic heterocycles. The monoisotopic (exact) mass is 245 g/mol. The van der Waals surface area contributed by atoms with Gasteiger partial charge in [0.2, 0.25) is 0 Å². The van der Waals surface area contributed by atoms with Gasteiger partial charge in [-0.15, -0.1) is 0 Å². The summed E-state index contributed by atoms with van der Waals surface area (Å²) in [6.45, 7) is 0. The van der Waals surface area contributed by atoms with Crippen LogP contribution in [0.1, 0.15) is 12.0 Å². The minimum Gasteiger partial charge on any atom is -0.455 e. The summed E-state index contributed by atoms with van der Waals surface area (Å²) in [5.74, 6) is -0.390. The Hall–Kier alpha value is -2.43. The Morgan fingerprint density at radius 1 is 1.39 bits per heavy atom. The third kappa shape index (κ3) is 2.82. The zero-order chi connectivity index (χ0) is 13.0. The van der Waals surface area contributed by atoms with Crippen molar-refractivity contribution >= 4 is 17.7 Å². The van der Waals surface area contributed by atoms with Crippen molar-refractivity contribution in [2.24, 2.45) is 0 Å². The molecule has 5 heteroatoms. The van der Waals surface area contributed by atoms with E-state index in [-0.39, 0.29) is 11.8 Å². The zero-order valence-electron chi connectivity index (χ0n) is 9.48. The average Bonchev–Trinajstić information content (AvgIpc) is 2.37. The lowest BCUT2D eigenvalue weighted by Gasteiger charge is -2.14. The first-order chi connectivity index (χ1) is 8.66. The number of carbonyl (C=O) groups is 1. The van der Waals surface area contributed by atoms with Crippen molar-refractivity contribution in [3.05, 3.63) is 58.2 Å². The fraction of sp³-hybridized carbons (Fsp3) is 0.154. The zero-order valence-corrected chi connectivity index (χ0v) is 9.48. The smallest absolute Gasteiger partial charge is 0.331 e. The second-order valence-electron chi connectivity index (χ2n) is 3.79. The molecule has 1 aromatic rings. The summed E-state index contributed by atoms with van der Waals surface area (Å²) in [6, 6.07) is 6.42. The molecule has 1 atom stereocenters. The van der Waals surface area contributed by atoms with Gasteiger partial charge in [0.25, 0.3) is 5.69 Å². The number of nitro benzene ring substituents is 1. The molecule has 5 nitrogen and oxygen atoms in total. The third-order valence-electron chi connectivity index (χ3n) is 2.51. The molecule has 0 aliphatic carbocycles. The number of nitrogens with zero attached hydrogens (tertiary/aromatic N) is 1. The van der Waals surface area contributed by atoms with Crippen molar-refractivity contribution in [1.82, 2.24) is 0 Å². The Bertz CT molecular complexity index is 534. The quantitative estimate of drug-likeness (QED) is 0.466. The Balaban J connectivity index is 2.16. The summed E-state index contributed by atoms with van der Waals surface area (Å²) < 4.78 is 5.03. The average molecular weight is 245 g/mol. The number of nitro groups is 1.